The number of nitrogens with one attached hydrogen (secondary N) is 2. The molecule has 8 heteroatoms. The van der Waals surface area contributed by atoms with Crippen LogP contribution in [0.3, 0.4) is 0 Å². The number of amides is 1. The number of rotatable bonds is 4. The summed E-state index contributed by atoms with van der Waals surface area (Å²) in [5.74, 6) is -0.547. The molecule has 0 aromatic heterocycles. The third-order valence-corrected chi connectivity index (χ3v) is 3.26. The Kier molecular flexibility index (Phi) is 4.95. The number of carbonyl (C=O) groups excluding carboxylic acids is 1. The van der Waals surface area contributed by atoms with E-state index in [4.69, 9.17) is 16.3 Å². The maximum Gasteiger partial charge on any atom is 0.422 e. The predicted octanol–water partition coefficient (Wildman–Crippen LogP) is 2.83. The Morgan fingerprint density at radius 3 is 2.86 bits per heavy atom. The minimum atomic E-state index is -4.46. The highest BCUT2D eigenvalue weighted by molar-refractivity contribution is 6.30. The molecule has 0 spiro atoms. The third kappa shape index (κ3) is 4.78. The molecule has 2 N–H and O–H groups in total. The third-order valence-electron chi connectivity index (χ3n) is 3.02. The number of hydrogen-bond donors (Lipinski definition) is 2. The van der Waals surface area contributed by atoms with E-state index in [1.807, 2.05) is 0 Å². The van der Waals surface area contributed by atoms with E-state index >= 15 is 0 Å². The Labute approximate surface area is 124 Å². The van der Waals surface area contributed by atoms with Gasteiger partial charge in [0, 0.05) is 17.6 Å². The van der Waals surface area contributed by atoms with Gasteiger partial charge in [0.1, 0.15) is 5.75 Å². The van der Waals surface area contributed by atoms with E-state index in [2.05, 4.69) is 10.6 Å². The molecule has 1 amide bonds. The summed E-state index contributed by atoms with van der Waals surface area (Å²) in [5.41, 5.74) is 0.181. The summed E-state index contributed by atoms with van der Waals surface area (Å²) in [7, 11) is 0. The fraction of sp³-hybridized carbons (Fsp3) is 0.462. The van der Waals surface area contributed by atoms with Crippen molar-refractivity contribution >= 4 is 23.2 Å². The van der Waals surface area contributed by atoms with Crippen LogP contribution >= 0.6 is 11.6 Å². The lowest BCUT2D eigenvalue weighted by molar-refractivity contribution is -0.153. The van der Waals surface area contributed by atoms with Gasteiger partial charge in [-0.3, -0.25) is 4.79 Å². The molecule has 0 aliphatic carbocycles. The smallest absolute Gasteiger partial charge is 0.422 e. The van der Waals surface area contributed by atoms with Crippen LogP contribution in [0.4, 0.5) is 18.9 Å². The van der Waals surface area contributed by atoms with E-state index in [0.29, 0.717) is 13.0 Å². The summed E-state index contributed by atoms with van der Waals surface area (Å²) in [6, 6.07) is 4.15. The second-order valence-corrected chi connectivity index (χ2v) is 5.16. The number of halogens is 4. The number of ether oxygens (including phenoxy) is 1. The van der Waals surface area contributed by atoms with Crippen LogP contribution in [0.15, 0.2) is 18.2 Å². The van der Waals surface area contributed by atoms with E-state index in [1.165, 1.54) is 18.2 Å². The molecule has 0 saturated carbocycles. The van der Waals surface area contributed by atoms with E-state index in [9.17, 15) is 18.0 Å². The van der Waals surface area contributed by atoms with Gasteiger partial charge in [0.15, 0.2) is 6.61 Å². The molecule has 21 heavy (non-hydrogen) atoms. The highest BCUT2D eigenvalue weighted by Crippen LogP contribution is 2.30. The van der Waals surface area contributed by atoms with Gasteiger partial charge in [-0.1, -0.05) is 11.6 Å². The summed E-state index contributed by atoms with van der Waals surface area (Å²) in [5, 5.41) is 5.86. The van der Waals surface area contributed by atoms with Crippen molar-refractivity contribution < 1.29 is 22.7 Å². The topological polar surface area (TPSA) is 50.4 Å². The van der Waals surface area contributed by atoms with Crippen molar-refractivity contribution in [3.8, 4) is 5.75 Å². The second-order valence-electron chi connectivity index (χ2n) is 4.72. The molecular formula is C13H14ClF3N2O2. The minimum absolute atomic E-state index is 0.0980. The van der Waals surface area contributed by atoms with Crippen molar-refractivity contribution in [1.82, 2.24) is 5.32 Å². The van der Waals surface area contributed by atoms with E-state index in [-0.39, 0.29) is 28.3 Å². The van der Waals surface area contributed by atoms with Crippen molar-refractivity contribution in [3.63, 3.8) is 0 Å². The Balaban J connectivity index is 2.08. The van der Waals surface area contributed by atoms with Crippen molar-refractivity contribution in [1.29, 1.82) is 0 Å². The number of alkyl halides is 3. The van der Waals surface area contributed by atoms with Gasteiger partial charge in [-0.25, -0.2) is 0 Å². The van der Waals surface area contributed by atoms with Gasteiger partial charge in [0.2, 0.25) is 5.91 Å². The molecule has 1 heterocycles. The zero-order chi connectivity index (χ0) is 15.5. The van der Waals surface area contributed by atoms with E-state index in [1.54, 1.807) is 0 Å². The number of anilines is 1. The van der Waals surface area contributed by atoms with Gasteiger partial charge < -0.3 is 15.4 Å². The molecule has 1 unspecified atom stereocenters. The SMILES string of the molecule is O=C(Nc1ccc(Cl)cc1OCC(F)(F)F)C1CCNC1. The van der Waals surface area contributed by atoms with Gasteiger partial charge in [0.05, 0.1) is 11.6 Å². The molecule has 1 aromatic rings. The molecule has 4 nitrogen and oxygen atoms in total. The first-order chi connectivity index (χ1) is 9.85. The van der Waals surface area contributed by atoms with Gasteiger partial charge in [0.25, 0.3) is 0 Å². The van der Waals surface area contributed by atoms with Crippen molar-refractivity contribution in [3.05, 3.63) is 23.2 Å². The maximum atomic E-state index is 12.2. The molecule has 1 aromatic carbocycles. The zero-order valence-electron chi connectivity index (χ0n) is 11.0. The first kappa shape index (κ1) is 15.9. The average Bonchev–Trinajstić information content (AvgIpc) is 2.92. The summed E-state index contributed by atoms with van der Waals surface area (Å²) >= 11 is 5.75. The van der Waals surface area contributed by atoms with Gasteiger partial charge >= 0.3 is 6.18 Å². The van der Waals surface area contributed by atoms with Crippen LogP contribution in [0.5, 0.6) is 5.75 Å². The van der Waals surface area contributed by atoms with Crippen LogP contribution in [0.25, 0.3) is 0 Å². The van der Waals surface area contributed by atoms with Crippen LogP contribution in [-0.4, -0.2) is 31.8 Å². The Morgan fingerprint density at radius 2 is 2.24 bits per heavy atom. The first-order valence-electron chi connectivity index (χ1n) is 6.36. The fourth-order valence-electron chi connectivity index (χ4n) is 1.99. The minimum Gasteiger partial charge on any atom is -0.482 e. The standard InChI is InChI=1S/C13H14ClF3N2O2/c14-9-1-2-10(11(5-9)21-7-13(15,16)17)19-12(20)8-3-4-18-6-8/h1-2,5,8,18H,3-4,6-7H2,(H,19,20). The molecule has 1 aliphatic rings. The van der Waals surface area contributed by atoms with Crippen molar-refractivity contribution in [2.45, 2.75) is 12.6 Å². The number of carbonyl (C=O) groups is 1. The molecule has 1 saturated heterocycles. The Bertz CT molecular complexity index is 517. The van der Waals surface area contributed by atoms with Crippen molar-refractivity contribution in [2.75, 3.05) is 25.0 Å². The number of benzene rings is 1. The molecule has 0 bridgehead atoms. The molecule has 2 rings (SSSR count). The lowest BCUT2D eigenvalue weighted by Gasteiger charge is -2.15. The zero-order valence-corrected chi connectivity index (χ0v) is 11.7. The maximum absolute atomic E-state index is 12.2. The van der Waals surface area contributed by atoms with Gasteiger partial charge in [-0.05, 0) is 25.1 Å². The van der Waals surface area contributed by atoms with E-state index in [0.717, 1.165) is 6.54 Å². The van der Waals surface area contributed by atoms with Crippen LogP contribution < -0.4 is 15.4 Å². The quantitative estimate of drug-likeness (QED) is 0.896. The predicted molar refractivity (Wildman–Crippen MR) is 72.6 cm³/mol. The van der Waals surface area contributed by atoms with Crippen molar-refractivity contribution in [2.24, 2.45) is 5.92 Å². The Hall–Kier alpha value is -1.47. The molecule has 1 fully saturated rings. The summed E-state index contributed by atoms with van der Waals surface area (Å²) in [4.78, 5) is 12.0. The molecule has 1 aliphatic heterocycles. The summed E-state index contributed by atoms with van der Waals surface area (Å²) < 4.78 is 41.4. The highest BCUT2D eigenvalue weighted by Gasteiger charge is 2.29. The second kappa shape index (κ2) is 6.53. The van der Waals surface area contributed by atoms with Gasteiger partial charge in [-0.2, -0.15) is 13.2 Å². The lowest BCUT2D eigenvalue weighted by atomic mass is 10.1. The lowest BCUT2D eigenvalue weighted by Crippen LogP contribution is -2.25. The Morgan fingerprint density at radius 1 is 1.48 bits per heavy atom. The van der Waals surface area contributed by atoms with Crippen LogP contribution in [0.1, 0.15) is 6.42 Å². The number of hydrogen-bond acceptors (Lipinski definition) is 3. The van der Waals surface area contributed by atoms with Crippen LogP contribution in [0.2, 0.25) is 5.02 Å². The monoisotopic (exact) mass is 322 g/mol. The average molecular weight is 323 g/mol. The summed E-state index contributed by atoms with van der Waals surface area (Å²) in [6.07, 6.45) is -3.77. The fourth-order valence-corrected chi connectivity index (χ4v) is 2.15. The molecule has 0 radical (unpaired) electrons. The normalized spacial score (nSPS) is 18.6. The van der Waals surface area contributed by atoms with E-state index < -0.39 is 12.8 Å². The molecule has 116 valence electrons. The summed E-state index contributed by atoms with van der Waals surface area (Å²) in [6.45, 7) is -0.143. The van der Waals surface area contributed by atoms with Gasteiger partial charge in [-0.15, -0.1) is 0 Å². The molecule has 1 atom stereocenters. The first-order valence-corrected chi connectivity index (χ1v) is 6.73. The largest absolute Gasteiger partial charge is 0.482 e. The van der Waals surface area contributed by atoms with Crippen LogP contribution in [0, 0.1) is 5.92 Å². The molecular weight excluding hydrogens is 309 g/mol. The highest BCUT2D eigenvalue weighted by atomic mass is 35.5. The van der Waals surface area contributed by atoms with Crippen LogP contribution in [-0.2, 0) is 4.79 Å².